The molecular formula is C25H43NO6S. The minimum atomic E-state index is -1.86. The highest BCUT2D eigenvalue weighted by Crippen LogP contribution is 2.33. The van der Waals surface area contributed by atoms with Gasteiger partial charge in [0.15, 0.2) is 22.6 Å². The number of ether oxygens (including phenoxy) is 3. The van der Waals surface area contributed by atoms with Crippen LogP contribution in [0.25, 0.3) is 0 Å². The van der Waals surface area contributed by atoms with Crippen molar-refractivity contribution >= 4 is 17.2 Å². The van der Waals surface area contributed by atoms with Gasteiger partial charge < -0.3 is 24.1 Å². The summed E-state index contributed by atoms with van der Waals surface area (Å²) >= 11 is -1.86. The first-order valence-electron chi connectivity index (χ1n) is 12.3. The number of benzene rings is 1. The topological polar surface area (TPSA) is 94.1 Å². The van der Waals surface area contributed by atoms with Crippen molar-refractivity contribution in [3.8, 4) is 11.5 Å². The van der Waals surface area contributed by atoms with E-state index in [9.17, 15) is 9.00 Å². The van der Waals surface area contributed by atoms with Gasteiger partial charge in [0.25, 0.3) is 0 Å². The maximum atomic E-state index is 12.3. The van der Waals surface area contributed by atoms with Crippen molar-refractivity contribution < 1.29 is 27.8 Å². The van der Waals surface area contributed by atoms with Crippen LogP contribution in [0.1, 0.15) is 95.6 Å². The molecular weight excluding hydrogens is 442 g/mol. The number of alkyl carbamates (subject to hydrolysis) is 1. The number of carbonyl (C=O) groups is 1. The van der Waals surface area contributed by atoms with Gasteiger partial charge in [0, 0.05) is 6.54 Å². The first-order valence-corrected chi connectivity index (χ1v) is 13.5. The third-order valence-corrected chi connectivity index (χ3v) is 6.25. The van der Waals surface area contributed by atoms with Gasteiger partial charge in [-0.3, -0.25) is 0 Å². The smallest absolute Gasteiger partial charge is 0.407 e. The predicted molar refractivity (Wildman–Crippen MR) is 133 cm³/mol. The largest absolute Gasteiger partial charge is 0.493 e. The molecule has 2 N–H and O–H groups in total. The molecule has 0 saturated heterocycles. The molecule has 0 fully saturated rings. The number of hydrogen-bond acceptors (Lipinski definition) is 5. The van der Waals surface area contributed by atoms with Crippen molar-refractivity contribution in [2.45, 2.75) is 90.1 Å². The molecule has 0 radical (unpaired) electrons. The summed E-state index contributed by atoms with van der Waals surface area (Å²) in [5.41, 5.74) is 0.857. The van der Waals surface area contributed by atoms with Gasteiger partial charge in [0.05, 0.1) is 20.0 Å². The minimum Gasteiger partial charge on any atom is -0.493 e. The lowest BCUT2D eigenvalue weighted by atomic mass is 10.0. The number of amides is 1. The van der Waals surface area contributed by atoms with Crippen LogP contribution in [0.5, 0.6) is 11.5 Å². The van der Waals surface area contributed by atoms with E-state index in [4.69, 9.17) is 18.8 Å². The van der Waals surface area contributed by atoms with E-state index >= 15 is 0 Å². The lowest BCUT2D eigenvalue weighted by Gasteiger charge is -2.20. The number of unbranched alkanes of at least 4 members (excludes halogenated alkanes) is 9. The summed E-state index contributed by atoms with van der Waals surface area (Å²) in [5, 5.41) is 2.67. The molecule has 0 aliphatic rings. The zero-order valence-corrected chi connectivity index (χ0v) is 21.4. The molecule has 7 nitrogen and oxygen atoms in total. The summed E-state index contributed by atoms with van der Waals surface area (Å²) in [7, 11) is 3.17. The lowest BCUT2D eigenvalue weighted by molar-refractivity contribution is 0.0906. The van der Waals surface area contributed by atoms with Gasteiger partial charge in [-0.15, -0.1) is 0 Å². The molecule has 0 heterocycles. The summed E-state index contributed by atoms with van der Waals surface area (Å²) in [5.74, 6) is 1.34. The number of carbonyl (C=O) groups excluding carboxylic acids is 1. The van der Waals surface area contributed by atoms with Crippen molar-refractivity contribution in [1.29, 1.82) is 0 Å². The van der Waals surface area contributed by atoms with Crippen LogP contribution in [0.4, 0.5) is 4.79 Å². The zero-order chi connectivity index (χ0) is 24.3. The van der Waals surface area contributed by atoms with Crippen LogP contribution in [0.2, 0.25) is 0 Å². The quantitative estimate of drug-likeness (QED) is 0.174. The molecule has 1 aromatic rings. The Balaban J connectivity index is 2.54. The highest BCUT2D eigenvalue weighted by molar-refractivity contribution is 7.79. The van der Waals surface area contributed by atoms with Gasteiger partial charge in [-0.25, -0.2) is 9.00 Å². The van der Waals surface area contributed by atoms with Crippen molar-refractivity contribution in [2.24, 2.45) is 0 Å². The van der Waals surface area contributed by atoms with Crippen molar-refractivity contribution in [1.82, 2.24) is 5.32 Å². The van der Waals surface area contributed by atoms with Gasteiger partial charge in [-0.1, -0.05) is 70.8 Å². The maximum Gasteiger partial charge on any atom is 0.407 e. The highest BCUT2D eigenvalue weighted by atomic mass is 32.2. The van der Waals surface area contributed by atoms with Crippen LogP contribution in [0, 0.1) is 0 Å². The number of hydrogen-bond donors (Lipinski definition) is 2. The Labute approximate surface area is 202 Å². The second kappa shape index (κ2) is 18.6. The van der Waals surface area contributed by atoms with E-state index in [0.717, 1.165) is 24.8 Å². The molecule has 0 aliphatic carbocycles. The third-order valence-electron chi connectivity index (χ3n) is 5.61. The molecule has 1 rings (SSSR count). The maximum absolute atomic E-state index is 12.3. The molecule has 2 atom stereocenters. The van der Waals surface area contributed by atoms with Gasteiger partial charge >= 0.3 is 6.09 Å². The average Bonchev–Trinajstić information content (AvgIpc) is 2.81. The summed E-state index contributed by atoms with van der Waals surface area (Å²) in [6, 6.07) is 5.56. The number of nitrogens with one attached hydrogen (secondary N) is 1. The Bertz CT molecular complexity index is 685. The molecule has 0 bridgehead atoms. The predicted octanol–water partition coefficient (Wildman–Crippen LogP) is 6.39. The van der Waals surface area contributed by atoms with E-state index in [1.54, 1.807) is 14.2 Å². The van der Waals surface area contributed by atoms with E-state index in [1.807, 2.05) is 18.2 Å². The highest BCUT2D eigenvalue weighted by Gasteiger charge is 2.19. The van der Waals surface area contributed by atoms with Crippen LogP contribution in [-0.2, 0) is 15.8 Å². The van der Waals surface area contributed by atoms with E-state index in [-0.39, 0.29) is 5.75 Å². The molecule has 8 heteroatoms. The molecule has 0 aromatic heterocycles. The molecule has 1 aromatic carbocycles. The van der Waals surface area contributed by atoms with E-state index in [0.29, 0.717) is 24.5 Å². The van der Waals surface area contributed by atoms with Gasteiger partial charge in [-0.2, -0.15) is 0 Å². The summed E-state index contributed by atoms with van der Waals surface area (Å²) in [6.45, 7) is 2.53. The molecule has 190 valence electrons. The first kappa shape index (κ1) is 29.2. The first-order chi connectivity index (χ1) is 16.0. The molecule has 33 heavy (non-hydrogen) atoms. The summed E-state index contributed by atoms with van der Waals surface area (Å²) in [6.07, 6.45) is 12.6. The number of rotatable bonds is 19. The Hall–Kier alpha value is -1.80. The SMILES string of the molecule is CCCCCCCCCCCCC(OC(=O)NCCCS(=O)O)c1ccc(OC)c(OC)c1. The average molecular weight is 486 g/mol. The second-order valence-electron chi connectivity index (χ2n) is 8.28. The van der Waals surface area contributed by atoms with E-state index in [1.165, 1.54) is 51.4 Å². The fraction of sp³-hybridized carbons (Fsp3) is 0.720. The Morgan fingerprint density at radius 3 is 2.12 bits per heavy atom. The monoisotopic (exact) mass is 485 g/mol. The molecule has 1 amide bonds. The summed E-state index contributed by atoms with van der Waals surface area (Å²) in [4.78, 5) is 12.3. The van der Waals surface area contributed by atoms with Gasteiger partial charge in [0.1, 0.15) is 6.10 Å². The minimum absolute atomic E-state index is 0.123. The Morgan fingerprint density at radius 1 is 0.939 bits per heavy atom. The Morgan fingerprint density at radius 2 is 1.55 bits per heavy atom. The molecule has 0 saturated carbocycles. The van der Waals surface area contributed by atoms with Crippen LogP contribution in [-0.4, -0.2) is 41.4 Å². The van der Waals surface area contributed by atoms with Gasteiger partial charge in [0.2, 0.25) is 0 Å². The third kappa shape index (κ3) is 13.5. The van der Waals surface area contributed by atoms with Crippen LogP contribution in [0.3, 0.4) is 0 Å². The molecule has 0 aliphatic heterocycles. The second-order valence-corrected chi connectivity index (χ2v) is 9.34. The lowest BCUT2D eigenvalue weighted by Crippen LogP contribution is -2.27. The van der Waals surface area contributed by atoms with Crippen molar-refractivity contribution in [2.75, 3.05) is 26.5 Å². The van der Waals surface area contributed by atoms with Crippen LogP contribution >= 0.6 is 0 Å². The fourth-order valence-corrected chi connectivity index (χ4v) is 4.11. The summed E-state index contributed by atoms with van der Waals surface area (Å²) < 4.78 is 36.0. The number of methoxy groups -OCH3 is 2. The molecule has 2 unspecified atom stereocenters. The van der Waals surface area contributed by atoms with E-state index < -0.39 is 23.3 Å². The van der Waals surface area contributed by atoms with Crippen molar-refractivity contribution in [3.05, 3.63) is 23.8 Å². The van der Waals surface area contributed by atoms with E-state index in [2.05, 4.69) is 12.2 Å². The molecule has 0 spiro atoms. The van der Waals surface area contributed by atoms with Crippen LogP contribution < -0.4 is 14.8 Å². The standard InChI is InChI=1S/C25H43NO6S/c1-4-5-6-7-8-9-10-11-12-13-15-22(32-25(27)26-18-14-19-33(28)29)21-16-17-23(30-2)24(20-21)31-3/h16-17,20,22H,4-15,18-19H2,1-3H3,(H,26,27)(H,28,29). The normalized spacial score (nSPS) is 12.7. The van der Waals surface area contributed by atoms with Crippen molar-refractivity contribution in [3.63, 3.8) is 0 Å². The van der Waals surface area contributed by atoms with Gasteiger partial charge in [-0.05, 0) is 37.0 Å². The zero-order valence-electron chi connectivity index (χ0n) is 20.6. The Kier molecular flexibility index (Phi) is 16.5. The fourth-order valence-electron chi connectivity index (χ4n) is 3.72. The van der Waals surface area contributed by atoms with Crippen LogP contribution in [0.15, 0.2) is 18.2 Å².